The van der Waals surface area contributed by atoms with Crippen LogP contribution >= 0.6 is 22.9 Å². The molecule has 0 aliphatic heterocycles. The summed E-state index contributed by atoms with van der Waals surface area (Å²) in [6, 6.07) is 10.6. The molecule has 0 bridgehead atoms. The van der Waals surface area contributed by atoms with Crippen LogP contribution in [0.2, 0.25) is 5.02 Å². The molecule has 1 N–H and O–H groups in total. The largest absolute Gasteiger partial charge is 0.313 e. The van der Waals surface area contributed by atoms with E-state index in [0.29, 0.717) is 6.04 Å². The molecule has 1 unspecified atom stereocenters. The summed E-state index contributed by atoms with van der Waals surface area (Å²) in [5.74, 6) is 0. The Bertz CT molecular complexity index is 439. The van der Waals surface area contributed by atoms with Crippen LogP contribution in [0.25, 0.3) is 0 Å². The van der Waals surface area contributed by atoms with Gasteiger partial charge in [-0.25, -0.2) is 0 Å². The Kier molecular flexibility index (Phi) is 3.99. The van der Waals surface area contributed by atoms with Gasteiger partial charge < -0.3 is 5.32 Å². The minimum Gasteiger partial charge on any atom is -0.313 e. The molecule has 3 heteroatoms. The maximum Gasteiger partial charge on any atom is 0.0408 e. The van der Waals surface area contributed by atoms with Crippen molar-refractivity contribution in [2.45, 2.75) is 12.5 Å². The van der Waals surface area contributed by atoms with Gasteiger partial charge in [-0.05, 0) is 53.6 Å². The van der Waals surface area contributed by atoms with Gasteiger partial charge in [0, 0.05) is 11.1 Å². The fourth-order valence-electron chi connectivity index (χ4n) is 1.76. The van der Waals surface area contributed by atoms with E-state index in [0.717, 1.165) is 11.4 Å². The third-order valence-corrected chi connectivity index (χ3v) is 3.56. The van der Waals surface area contributed by atoms with Gasteiger partial charge >= 0.3 is 0 Å². The lowest BCUT2D eigenvalue weighted by Crippen LogP contribution is -2.18. The second-order valence-corrected chi connectivity index (χ2v) is 4.95. The number of hydrogen-bond acceptors (Lipinski definition) is 2. The highest BCUT2D eigenvalue weighted by atomic mass is 35.5. The third-order valence-electron chi connectivity index (χ3n) is 2.62. The Morgan fingerprint density at radius 3 is 2.88 bits per heavy atom. The van der Waals surface area contributed by atoms with Gasteiger partial charge in [0.05, 0.1) is 0 Å². The molecule has 0 radical (unpaired) electrons. The van der Waals surface area contributed by atoms with Crippen molar-refractivity contribution in [2.24, 2.45) is 0 Å². The number of hydrogen-bond donors (Lipinski definition) is 1. The molecule has 0 saturated heterocycles. The van der Waals surface area contributed by atoms with Crippen LogP contribution in [0.15, 0.2) is 41.1 Å². The quantitative estimate of drug-likeness (QED) is 0.869. The molecule has 0 saturated carbocycles. The average Bonchev–Trinajstić information content (AvgIpc) is 2.79. The summed E-state index contributed by atoms with van der Waals surface area (Å²) in [4.78, 5) is 0. The van der Waals surface area contributed by atoms with Crippen molar-refractivity contribution in [2.75, 3.05) is 7.05 Å². The van der Waals surface area contributed by atoms with Crippen molar-refractivity contribution in [1.29, 1.82) is 0 Å². The Morgan fingerprint density at radius 1 is 1.38 bits per heavy atom. The Labute approximate surface area is 105 Å². The van der Waals surface area contributed by atoms with E-state index in [2.05, 4.69) is 28.2 Å². The highest BCUT2D eigenvalue weighted by Gasteiger charge is 2.10. The molecule has 1 aromatic heterocycles. The maximum atomic E-state index is 5.98. The second kappa shape index (κ2) is 5.48. The minimum absolute atomic E-state index is 0.365. The molecule has 2 rings (SSSR count). The van der Waals surface area contributed by atoms with Crippen molar-refractivity contribution < 1.29 is 0 Å². The summed E-state index contributed by atoms with van der Waals surface area (Å²) in [6.07, 6.45) is 0.966. The van der Waals surface area contributed by atoms with Crippen LogP contribution in [0.3, 0.4) is 0 Å². The van der Waals surface area contributed by atoms with E-state index >= 15 is 0 Å². The van der Waals surface area contributed by atoms with E-state index in [9.17, 15) is 0 Å². The molecule has 0 spiro atoms. The highest BCUT2D eigenvalue weighted by molar-refractivity contribution is 7.07. The zero-order valence-electron chi connectivity index (χ0n) is 9.11. The first-order chi connectivity index (χ1) is 7.79. The van der Waals surface area contributed by atoms with Crippen LogP contribution in [0.4, 0.5) is 0 Å². The van der Waals surface area contributed by atoms with Gasteiger partial charge in [0.1, 0.15) is 0 Å². The predicted molar refractivity (Wildman–Crippen MR) is 71.3 cm³/mol. The molecule has 0 fully saturated rings. The van der Waals surface area contributed by atoms with E-state index in [4.69, 9.17) is 11.6 Å². The molecule has 1 nitrogen and oxygen atoms in total. The van der Waals surface area contributed by atoms with E-state index in [-0.39, 0.29) is 0 Å². The molecule has 2 aromatic rings. The number of nitrogens with one attached hydrogen (secondary N) is 1. The molecule has 0 amide bonds. The van der Waals surface area contributed by atoms with E-state index < -0.39 is 0 Å². The third kappa shape index (κ3) is 2.85. The first-order valence-electron chi connectivity index (χ1n) is 5.23. The zero-order valence-corrected chi connectivity index (χ0v) is 10.7. The lowest BCUT2D eigenvalue weighted by atomic mass is 10.0. The van der Waals surface area contributed by atoms with E-state index in [1.54, 1.807) is 11.3 Å². The topological polar surface area (TPSA) is 12.0 Å². The smallest absolute Gasteiger partial charge is 0.0408 e. The summed E-state index contributed by atoms with van der Waals surface area (Å²) in [5.41, 5.74) is 2.60. The standard InChI is InChI=1S/C13H14ClNS/c1-15-13(11-5-6-16-9-11)8-10-3-2-4-12(14)7-10/h2-7,9,13,15H,8H2,1H3. The molecule has 0 aliphatic carbocycles. The molecular formula is C13H14ClNS. The lowest BCUT2D eigenvalue weighted by molar-refractivity contribution is 0.594. The molecule has 0 aliphatic rings. The van der Waals surface area contributed by atoms with Gasteiger partial charge in [-0.2, -0.15) is 11.3 Å². The van der Waals surface area contributed by atoms with Crippen molar-refractivity contribution in [1.82, 2.24) is 5.32 Å². The van der Waals surface area contributed by atoms with Crippen LogP contribution in [0.5, 0.6) is 0 Å². The van der Waals surface area contributed by atoms with Crippen molar-refractivity contribution in [3.63, 3.8) is 0 Å². The Hall–Kier alpha value is -0.830. The van der Waals surface area contributed by atoms with Gasteiger partial charge in [0.15, 0.2) is 0 Å². The summed E-state index contributed by atoms with van der Waals surface area (Å²) >= 11 is 7.71. The summed E-state index contributed by atoms with van der Waals surface area (Å²) in [5, 5.41) is 8.43. The SMILES string of the molecule is CNC(Cc1cccc(Cl)c1)c1ccsc1. The number of likely N-dealkylation sites (N-methyl/N-ethyl adjacent to an activating group) is 1. The van der Waals surface area contributed by atoms with E-state index in [1.807, 2.05) is 25.2 Å². The number of benzene rings is 1. The van der Waals surface area contributed by atoms with Gasteiger partial charge in [0.25, 0.3) is 0 Å². The molecule has 84 valence electrons. The molecule has 1 aromatic carbocycles. The van der Waals surface area contributed by atoms with Gasteiger partial charge in [-0.3, -0.25) is 0 Å². The molecule has 1 atom stereocenters. The van der Waals surface area contributed by atoms with Crippen LogP contribution in [0, 0.1) is 0 Å². The van der Waals surface area contributed by atoms with Crippen LogP contribution in [-0.4, -0.2) is 7.05 Å². The minimum atomic E-state index is 0.365. The number of halogens is 1. The number of thiophene rings is 1. The van der Waals surface area contributed by atoms with Crippen LogP contribution in [-0.2, 0) is 6.42 Å². The summed E-state index contributed by atoms with van der Waals surface area (Å²) in [6.45, 7) is 0. The van der Waals surface area contributed by atoms with Crippen molar-refractivity contribution in [3.05, 3.63) is 57.2 Å². The highest BCUT2D eigenvalue weighted by Crippen LogP contribution is 2.21. The second-order valence-electron chi connectivity index (χ2n) is 3.73. The summed E-state index contributed by atoms with van der Waals surface area (Å²) < 4.78 is 0. The Balaban J connectivity index is 2.13. The van der Waals surface area contributed by atoms with Gasteiger partial charge in [-0.15, -0.1) is 0 Å². The first kappa shape index (κ1) is 11.6. The van der Waals surface area contributed by atoms with E-state index in [1.165, 1.54) is 11.1 Å². The average molecular weight is 252 g/mol. The maximum absolute atomic E-state index is 5.98. The molecular weight excluding hydrogens is 238 g/mol. The van der Waals surface area contributed by atoms with Crippen molar-refractivity contribution >= 4 is 22.9 Å². The number of rotatable bonds is 4. The van der Waals surface area contributed by atoms with Crippen LogP contribution < -0.4 is 5.32 Å². The molecule has 1 heterocycles. The zero-order chi connectivity index (χ0) is 11.4. The molecule has 16 heavy (non-hydrogen) atoms. The Morgan fingerprint density at radius 2 is 2.25 bits per heavy atom. The lowest BCUT2D eigenvalue weighted by Gasteiger charge is -2.15. The fraction of sp³-hybridized carbons (Fsp3) is 0.231. The first-order valence-corrected chi connectivity index (χ1v) is 6.55. The van der Waals surface area contributed by atoms with Gasteiger partial charge in [-0.1, -0.05) is 23.7 Å². The summed E-state index contributed by atoms with van der Waals surface area (Å²) in [7, 11) is 1.99. The normalized spacial score (nSPS) is 12.6. The fourth-order valence-corrected chi connectivity index (χ4v) is 2.69. The monoisotopic (exact) mass is 251 g/mol. The van der Waals surface area contributed by atoms with Crippen molar-refractivity contribution in [3.8, 4) is 0 Å². The van der Waals surface area contributed by atoms with Crippen LogP contribution in [0.1, 0.15) is 17.2 Å². The van der Waals surface area contributed by atoms with Gasteiger partial charge in [0.2, 0.25) is 0 Å². The predicted octanol–water partition coefficient (Wildman–Crippen LogP) is 3.90.